The fraction of sp³-hybridized carbons (Fsp3) is 0.833. The van der Waals surface area contributed by atoms with Crippen LogP contribution in [-0.2, 0) is 4.79 Å². The van der Waals surface area contributed by atoms with Gasteiger partial charge < -0.3 is 10.2 Å². The van der Waals surface area contributed by atoms with E-state index in [2.05, 4.69) is 0 Å². The van der Waals surface area contributed by atoms with Gasteiger partial charge in [-0.05, 0) is 18.8 Å². The van der Waals surface area contributed by atoms with E-state index in [1.807, 2.05) is 0 Å². The van der Waals surface area contributed by atoms with Crippen molar-refractivity contribution in [3.05, 3.63) is 0 Å². The van der Waals surface area contributed by atoms with Crippen LogP contribution < -0.4 is 0 Å². The molecule has 1 fully saturated rings. The lowest BCUT2D eigenvalue weighted by molar-refractivity contribution is -0.130. The maximum absolute atomic E-state index is 10.5. The summed E-state index contributed by atoms with van der Waals surface area (Å²) in [5, 5.41) is 17.2. The molecule has 0 aromatic carbocycles. The highest BCUT2D eigenvalue weighted by atomic mass is 16.3. The molecule has 2 N–H and O–H groups in total. The molecule has 52 valence electrons. The van der Waals surface area contributed by atoms with Gasteiger partial charge in [-0.15, -0.1) is 0 Å². The van der Waals surface area contributed by atoms with E-state index >= 15 is 0 Å². The molecule has 1 atom stereocenters. The molecular formula is C6H10O3. The molecule has 0 amide bonds. The van der Waals surface area contributed by atoms with Crippen LogP contribution >= 0.6 is 0 Å². The van der Waals surface area contributed by atoms with Crippen LogP contribution in [0.3, 0.4) is 0 Å². The standard InChI is InChI=1S/C6H10O3/c7-3-5(8)6(9)4-1-2-4/h4,6-7,9H,1-3H2/t6-/m0/s1. The normalized spacial score (nSPS) is 21.6. The summed E-state index contributed by atoms with van der Waals surface area (Å²) in [7, 11) is 0. The molecule has 1 saturated carbocycles. The second kappa shape index (κ2) is 2.45. The number of ketones is 1. The molecule has 3 nitrogen and oxygen atoms in total. The van der Waals surface area contributed by atoms with Crippen molar-refractivity contribution in [2.75, 3.05) is 6.61 Å². The quantitative estimate of drug-likeness (QED) is 0.532. The Hall–Kier alpha value is -0.410. The van der Waals surface area contributed by atoms with Gasteiger partial charge in [-0.3, -0.25) is 4.79 Å². The van der Waals surface area contributed by atoms with Gasteiger partial charge >= 0.3 is 0 Å². The Kier molecular flexibility index (Phi) is 1.83. The minimum atomic E-state index is -0.894. The highest BCUT2D eigenvalue weighted by Gasteiger charge is 2.33. The largest absolute Gasteiger partial charge is 0.388 e. The van der Waals surface area contributed by atoms with Crippen LogP contribution in [0.5, 0.6) is 0 Å². The Morgan fingerprint density at radius 1 is 1.67 bits per heavy atom. The Morgan fingerprint density at radius 3 is 2.56 bits per heavy atom. The first-order valence-corrected chi connectivity index (χ1v) is 3.07. The van der Waals surface area contributed by atoms with Crippen molar-refractivity contribution in [2.24, 2.45) is 5.92 Å². The molecule has 1 aliphatic rings. The van der Waals surface area contributed by atoms with E-state index < -0.39 is 18.5 Å². The Balaban J connectivity index is 2.30. The van der Waals surface area contributed by atoms with Crippen molar-refractivity contribution in [1.29, 1.82) is 0 Å². The summed E-state index contributed by atoms with van der Waals surface area (Å²) < 4.78 is 0. The third-order valence-electron chi connectivity index (χ3n) is 1.55. The Bertz CT molecular complexity index is 117. The van der Waals surface area contributed by atoms with Gasteiger partial charge in [0.1, 0.15) is 12.7 Å². The lowest BCUT2D eigenvalue weighted by atomic mass is 10.1. The summed E-state index contributed by atoms with van der Waals surface area (Å²) in [5.41, 5.74) is 0. The highest BCUT2D eigenvalue weighted by Crippen LogP contribution is 2.32. The lowest BCUT2D eigenvalue weighted by Crippen LogP contribution is -2.25. The van der Waals surface area contributed by atoms with Crippen molar-refractivity contribution in [3.63, 3.8) is 0 Å². The lowest BCUT2D eigenvalue weighted by Gasteiger charge is -2.02. The zero-order valence-electron chi connectivity index (χ0n) is 5.08. The van der Waals surface area contributed by atoms with E-state index in [1.165, 1.54) is 0 Å². The van der Waals surface area contributed by atoms with E-state index in [-0.39, 0.29) is 5.92 Å². The van der Waals surface area contributed by atoms with Crippen LogP contribution in [0, 0.1) is 5.92 Å². The van der Waals surface area contributed by atoms with Gasteiger partial charge in [0, 0.05) is 0 Å². The van der Waals surface area contributed by atoms with Gasteiger partial charge in [0.05, 0.1) is 0 Å². The Morgan fingerprint density at radius 2 is 2.22 bits per heavy atom. The predicted molar refractivity (Wildman–Crippen MR) is 30.8 cm³/mol. The second-order valence-corrected chi connectivity index (χ2v) is 2.41. The summed E-state index contributed by atoms with van der Waals surface area (Å²) in [5.74, 6) is -0.304. The van der Waals surface area contributed by atoms with Gasteiger partial charge in [0.15, 0.2) is 5.78 Å². The predicted octanol–water partition coefficient (Wildman–Crippen LogP) is -0.681. The monoisotopic (exact) mass is 130 g/mol. The molecule has 0 spiro atoms. The van der Waals surface area contributed by atoms with Crippen molar-refractivity contribution in [2.45, 2.75) is 18.9 Å². The third-order valence-corrected chi connectivity index (χ3v) is 1.55. The zero-order valence-corrected chi connectivity index (χ0v) is 5.08. The average molecular weight is 130 g/mol. The molecule has 0 radical (unpaired) electrons. The number of carbonyl (C=O) groups is 1. The summed E-state index contributed by atoms with van der Waals surface area (Å²) in [4.78, 5) is 10.5. The molecule has 1 aliphatic carbocycles. The first kappa shape index (κ1) is 6.71. The molecule has 0 unspecified atom stereocenters. The van der Waals surface area contributed by atoms with Crippen LogP contribution in [0.1, 0.15) is 12.8 Å². The molecule has 0 bridgehead atoms. The first-order valence-electron chi connectivity index (χ1n) is 3.07. The average Bonchev–Trinajstić information content (AvgIpc) is 2.66. The van der Waals surface area contributed by atoms with Crippen LogP contribution in [0.4, 0.5) is 0 Å². The van der Waals surface area contributed by atoms with Crippen LogP contribution in [-0.4, -0.2) is 28.7 Å². The van der Waals surface area contributed by atoms with E-state index in [0.29, 0.717) is 0 Å². The topological polar surface area (TPSA) is 57.5 Å². The number of aliphatic hydroxyl groups excluding tert-OH is 2. The van der Waals surface area contributed by atoms with E-state index in [1.54, 1.807) is 0 Å². The summed E-state index contributed by atoms with van der Waals surface area (Å²) in [6, 6.07) is 0. The maximum Gasteiger partial charge on any atom is 0.186 e. The number of carbonyl (C=O) groups excluding carboxylic acids is 1. The SMILES string of the molecule is O=C(CO)[C@@H](O)C1CC1. The summed E-state index contributed by atoms with van der Waals surface area (Å²) in [6.07, 6.45) is 0.954. The first-order chi connectivity index (χ1) is 4.25. The molecule has 3 heteroatoms. The van der Waals surface area contributed by atoms with Gasteiger partial charge in [0.25, 0.3) is 0 Å². The van der Waals surface area contributed by atoms with Gasteiger partial charge in [0.2, 0.25) is 0 Å². The number of Topliss-reactive ketones (excluding diaryl/α,β-unsaturated/α-hetero) is 1. The van der Waals surface area contributed by atoms with Crippen molar-refractivity contribution in [1.82, 2.24) is 0 Å². The minimum Gasteiger partial charge on any atom is -0.388 e. The van der Waals surface area contributed by atoms with Gasteiger partial charge in [-0.2, -0.15) is 0 Å². The molecule has 0 heterocycles. The van der Waals surface area contributed by atoms with Gasteiger partial charge in [-0.25, -0.2) is 0 Å². The zero-order chi connectivity index (χ0) is 6.85. The van der Waals surface area contributed by atoms with Crippen LogP contribution in [0.15, 0.2) is 0 Å². The number of rotatable bonds is 3. The molecule has 0 aromatic rings. The summed E-state index contributed by atoms with van der Waals surface area (Å²) >= 11 is 0. The van der Waals surface area contributed by atoms with Gasteiger partial charge in [-0.1, -0.05) is 0 Å². The van der Waals surface area contributed by atoms with Crippen molar-refractivity contribution < 1.29 is 15.0 Å². The number of hydrogen-bond donors (Lipinski definition) is 2. The fourth-order valence-electron chi connectivity index (χ4n) is 0.768. The molecule has 1 rings (SSSR count). The molecular weight excluding hydrogens is 120 g/mol. The third kappa shape index (κ3) is 1.50. The molecule has 9 heavy (non-hydrogen) atoms. The van der Waals surface area contributed by atoms with E-state index in [9.17, 15) is 4.79 Å². The van der Waals surface area contributed by atoms with E-state index in [4.69, 9.17) is 10.2 Å². The minimum absolute atomic E-state index is 0.143. The fourth-order valence-corrected chi connectivity index (χ4v) is 0.768. The number of hydrogen-bond acceptors (Lipinski definition) is 3. The molecule has 0 aromatic heterocycles. The highest BCUT2D eigenvalue weighted by molar-refractivity contribution is 5.84. The van der Waals surface area contributed by atoms with Crippen molar-refractivity contribution >= 4 is 5.78 Å². The molecule has 0 saturated heterocycles. The Labute approximate surface area is 53.3 Å². The smallest absolute Gasteiger partial charge is 0.186 e. The van der Waals surface area contributed by atoms with Crippen LogP contribution in [0.25, 0.3) is 0 Å². The van der Waals surface area contributed by atoms with E-state index in [0.717, 1.165) is 12.8 Å². The summed E-state index contributed by atoms with van der Waals surface area (Å²) in [6.45, 7) is -0.530. The maximum atomic E-state index is 10.5. The molecule has 0 aliphatic heterocycles. The number of aliphatic hydroxyl groups is 2. The second-order valence-electron chi connectivity index (χ2n) is 2.41. The van der Waals surface area contributed by atoms with Crippen LogP contribution in [0.2, 0.25) is 0 Å². The van der Waals surface area contributed by atoms with Crippen molar-refractivity contribution in [3.8, 4) is 0 Å².